The summed E-state index contributed by atoms with van der Waals surface area (Å²) in [5.74, 6) is 0. The van der Waals surface area contributed by atoms with E-state index in [2.05, 4.69) is 36.1 Å². The fraction of sp³-hybridized carbons (Fsp3) is 0.571. The molecule has 17 heavy (non-hydrogen) atoms. The number of hydrogen-bond acceptors (Lipinski definition) is 3. The van der Waals surface area contributed by atoms with Crippen LogP contribution in [-0.4, -0.2) is 32.8 Å². The zero-order chi connectivity index (χ0) is 12.5. The van der Waals surface area contributed by atoms with E-state index in [-0.39, 0.29) is 0 Å². The summed E-state index contributed by atoms with van der Waals surface area (Å²) in [6, 6.07) is 8.48. The maximum Gasteiger partial charge on any atom is 0.0641 e. The molecule has 96 valence electrons. The first-order chi connectivity index (χ1) is 8.33. The molecule has 3 heteroatoms. The van der Waals surface area contributed by atoms with Crippen molar-refractivity contribution in [3.8, 4) is 0 Å². The molecule has 0 heterocycles. The first-order valence-electron chi connectivity index (χ1n) is 6.44. The third-order valence-corrected chi connectivity index (χ3v) is 2.84. The van der Waals surface area contributed by atoms with Gasteiger partial charge in [0.25, 0.3) is 0 Å². The molecular formula is C14H24N2O. The van der Waals surface area contributed by atoms with E-state index in [1.54, 1.807) is 0 Å². The Labute approximate surface area is 105 Å². The first kappa shape index (κ1) is 14.0. The second kappa shape index (κ2) is 8.09. The highest BCUT2D eigenvalue weighted by Gasteiger charge is 2.08. The van der Waals surface area contributed by atoms with Crippen molar-refractivity contribution in [2.24, 2.45) is 5.73 Å². The summed E-state index contributed by atoms with van der Waals surface area (Å²) in [5, 5.41) is 0. The first-order valence-corrected chi connectivity index (χ1v) is 6.44. The molecule has 0 radical (unpaired) electrons. The van der Waals surface area contributed by atoms with Gasteiger partial charge in [0, 0.05) is 25.4 Å². The molecule has 0 fully saturated rings. The molecule has 0 amide bonds. The molecule has 1 aromatic rings. The highest BCUT2D eigenvalue weighted by atomic mass is 16.5. The smallest absolute Gasteiger partial charge is 0.0641 e. The van der Waals surface area contributed by atoms with Gasteiger partial charge in [-0.1, -0.05) is 18.2 Å². The SMILES string of the molecule is CCOCCN(CC)c1ccccc1CCN. The van der Waals surface area contributed by atoms with Gasteiger partial charge in [0.2, 0.25) is 0 Å². The summed E-state index contributed by atoms with van der Waals surface area (Å²) in [7, 11) is 0. The van der Waals surface area contributed by atoms with Crippen molar-refractivity contribution in [1.29, 1.82) is 0 Å². The van der Waals surface area contributed by atoms with Gasteiger partial charge in [0.15, 0.2) is 0 Å². The Morgan fingerprint density at radius 3 is 2.65 bits per heavy atom. The number of ether oxygens (including phenoxy) is 1. The van der Waals surface area contributed by atoms with E-state index in [1.807, 2.05) is 6.92 Å². The van der Waals surface area contributed by atoms with Crippen LogP contribution in [0.1, 0.15) is 19.4 Å². The van der Waals surface area contributed by atoms with E-state index in [0.717, 1.165) is 32.7 Å². The van der Waals surface area contributed by atoms with Crippen molar-refractivity contribution in [1.82, 2.24) is 0 Å². The molecular weight excluding hydrogens is 212 g/mol. The quantitative estimate of drug-likeness (QED) is 0.702. The van der Waals surface area contributed by atoms with Gasteiger partial charge < -0.3 is 15.4 Å². The van der Waals surface area contributed by atoms with E-state index >= 15 is 0 Å². The Hall–Kier alpha value is -1.06. The molecule has 1 rings (SSSR count). The van der Waals surface area contributed by atoms with E-state index < -0.39 is 0 Å². The van der Waals surface area contributed by atoms with Crippen LogP contribution in [0.25, 0.3) is 0 Å². The minimum Gasteiger partial charge on any atom is -0.380 e. The Morgan fingerprint density at radius 2 is 2.00 bits per heavy atom. The number of para-hydroxylation sites is 1. The van der Waals surface area contributed by atoms with Gasteiger partial charge in [-0.3, -0.25) is 0 Å². The molecule has 0 spiro atoms. The lowest BCUT2D eigenvalue weighted by Crippen LogP contribution is -2.28. The van der Waals surface area contributed by atoms with E-state index in [9.17, 15) is 0 Å². The summed E-state index contributed by atoms with van der Waals surface area (Å²) in [6.45, 7) is 8.38. The second-order valence-electron chi connectivity index (χ2n) is 3.94. The van der Waals surface area contributed by atoms with Crippen LogP contribution in [0.2, 0.25) is 0 Å². The Bertz CT molecular complexity index is 315. The average molecular weight is 236 g/mol. The van der Waals surface area contributed by atoms with Gasteiger partial charge in [-0.2, -0.15) is 0 Å². The molecule has 0 bridgehead atoms. The highest BCUT2D eigenvalue weighted by molar-refractivity contribution is 5.53. The monoisotopic (exact) mass is 236 g/mol. The fourth-order valence-electron chi connectivity index (χ4n) is 1.95. The van der Waals surface area contributed by atoms with Crippen LogP contribution in [0.3, 0.4) is 0 Å². The molecule has 0 atom stereocenters. The Kier molecular flexibility index (Phi) is 6.67. The molecule has 0 aliphatic heterocycles. The number of benzene rings is 1. The molecule has 2 N–H and O–H groups in total. The Morgan fingerprint density at radius 1 is 1.24 bits per heavy atom. The third-order valence-electron chi connectivity index (χ3n) is 2.84. The van der Waals surface area contributed by atoms with Gasteiger partial charge in [-0.15, -0.1) is 0 Å². The van der Waals surface area contributed by atoms with Gasteiger partial charge >= 0.3 is 0 Å². The molecule has 0 aromatic heterocycles. The lowest BCUT2D eigenvalue weighted by atomic mass is 10.1. The standard InChI is InChI=1S/C14H24N2O/c1-3-16(11-12-17-4-2)14-8-6-5-7-13(14)9-10-15/h5-8H,3-4,9-12,15H2,1-2H3. The summed E-state index contributed by atoms with van der Waals surface area (Å²) < 4.78 is 5.42. The molecule has 0 aliphatic rings. The normalized spacial score (nSPS) is 10.5. The topological polar surface area (TPSA) is 38.5 Å². The number of nitrogens with two attached hydrogens (primary N) is 1. The predicted molar refractivity (Wildman–Crippen MR) is 73.6 cm³/mol. The summed E-state index contributed by atoms with van der Waals surface area (Å²) in [5.41, 5.74) is 8.27. The Balaban J connectivity index is 2.72. The number of likely N-dealkylation sites (N-methyl/N-ethyl adjacent to an activating group) is 1. The third kappa shape index (κ3) is 4.36. The van der Waals surface area contributed by atoms with Gasteiger partial charge in [-0.25, -0.2) is 0 Å². The number of hydrogen-bond donors (Lipinski definition) is 1. The molecule has 0 saturated heterocycles. The van der Waals surface area contributed by atoms with Gasteiger partial charge in [0.05, 0.1) is 6.61 Å². The van der Waals surface area contributed by atoms with Crippen molar-refractivity contribution in [3.63, 3.8) is 0 Å². The van der Waals surface area contributed by atoms with Crippen LogP contribution in [0.4, 0.5) is 5.69 Å². The lowest BCUT2D eigenvalue weighted by molar-refractivity contribution is 0.154. The number of rotatable bonds is 8. The van der Waals surface area contributed by atoms with Crippen molar-refractivity contribution in [2.75, 3.05) is 37.7 Å². The molecule has 0 saturated carbocycles. The molecule has 1 aromatic carbocycles. The van der Waals surface area contributed by atoms with Crippen LogP contribution < -0.4 is 10.6 Å². The zero-order valence-corrected chi connectivity index (χ0v) is 11.0. The van der Waals surface area contributed by atoms with Crippen LogP contribution >= 0.6 is 0 Å². The van der Waals surface area contributed by atoms with E-state index in [1.165, 1.54) is 11.3 Å². The van der Waals surface area contributed by atoms with Crippen LogP contribution in [0.15, 0.2) is 24.3 Å². The second-order valence-corrected chi connectivity index (χ2v) is 3.94. The maximum absolute atomic E-state index is 5.65. The molecule has 0 aliphatic carbocycles. The highest BCUT2D eigenvalue weighted by Crippen LogP contribution is 2.20. The van der Waals surface area contributed by atoms with Gasteiger partial charge in [-0.05, 0) is 38.4 Å². The predicted octanol–water partition coefficient (Wildman–Crippen LogP) is 2.05. The van der Waals surface area contributed by atoms with Crippen molar-refractivity contribution < 1.29 is 4.74 Å². The summed E-state index contributed by atoms with van der Waals surface area (Å²) in [4.78, 5) is 2.35. The lowest BCUT2D eigenvalue weighted by Gasteiger charge is -2.25. The number of anilines is 1. The van der Waals surface area contributed by atoms with Crippen LogP contribution in [0, 0.1) is 0 Å². The van der Waals surface area contributed by atoms with Crippen molar-refractivity contribution >= 4 is 5.69 Å². The average Bonchev–Trinajstić information content (AvgIpc) is 2.36. The minimum absolute atomic E-state index is 0.694. The molecule has 3 nitrogen and oxygen atoms in total. The number of nitrogens with zero attached hydrogens (tertiary/aromatic N) is 1. The summed E-state index contributed by atoms with van der Waals surface area (Å²) >= 11 is 0. The van der Waals surface area contributed by atoms with E-state index in [0.29, 0.717) is 6.54 Å². The van der Waals surface area contributed by atoms with Crippen molar-refractivity contribution in [2.45, 2.75) is 20.3 Å². The van der Waals surface area contributed by atoms with Crippen molar-refractivity contribution in [3.05, 3.63) is 29.8 Å². The minimum atomic E-state index is 0.694. The maximum atomic E-state index is 5.65. The zero-order valence-electron chi connectivity index (χ0n) is 11.0. The summed E-state index contributed by atoms with van der Waals surface area (Å²) in [6.07, 6.45) is 0.932. The largest absolute Gasteiger partial charge is 0.380 e. The molecule has 0 unspecified atom stereocenters. The van der Waals surface area contributed by atoms with Gasteiger partial charge in [0.1, 0.15) is 0 Å². The van der Waals surface area contributed by atoms with Crippen LogP contribution in [-0.2, 0) is 11.2 Å². The fourth-order valence-corrected chi connectivity index (χ4v) is 1.95. The van der Waals surface area contributed by atoms with E-state index in [4.69, 9.17) is 10.5 Å². The van der Waals surface area contributed by atoms with Crippen LogP contribution in [0.5, 0.6) is 0 Å².